The molecule has 1 amide bonds. The van der Waals surface area contributed by atoms with Crippen LogP contribution in [-0.2, 0) is 4.79 Å². The Hall–Kier alpha value is -3.29. The highest BCUT2D eigenvalue weighted by Gasteiger charge is 2.26. The number of fused-ring (bicyclic) bond motifs is 1. The van der Waals surface area contributed by atoms with Gasteiger partial charge in [0.05, 0.1) is 19.3 Å². The van der Waals surface area contributed by atoms with Crippen LogP contribution in [0.5, 0.6) is 17.2 Å². The minimum atomic E-state index is -1.12. The third kappa shape index (κ3) is 4.33. The van der Waals surface area contributed by atoms with E-state index >= 15 is 0 Å². The summed E-state index contributed by atoms with van der Waals surface area (Å²) in [7, 11) is 0. The largest absolute Gasteiger partial charge is 0.490 e. The van der Waals surface area contributed by atoms with Gasteiger partial charge in [-0.15, -0.1) is 0 Å². The van der Waals surface area contributed by atoms with Crippen molar-refractivity contribution in [3.8, 4) is 17.2 Å². The fourth-order valence-corrected chi connectivity index (χ4v) is 2.95. The molecule has 2 aromatic rings. The number of para-hydroxylation sites is 1. The maximum Gasteiger partial charge on any atom is 0.341 e. The van der Waals surface area contributed by atoms with Gasteiger partial charge in [-0.3, -0.25) is 4.79 Å². The van der Waals surface area contributed by atoms with Crippen LogP contribution < -0.4 is 19.5 Å². The molecular formula is C20H20FNO6. The van der Waals surface area contributed by atoms with E-state index in [1.807, 2.05) is 0 Å². The number of benzene rings is 2. The molecule has 7 nitrogen and oxygen atoms in total. The minimum absolute atomic E-state index is 0.159. The van der Waals surface area contributed by atoms with Crippen LogP contribution in [0.4, 0.5) is 4.39 Å². The quantitative estimate of drug-likeness (QED) is 0.756. The van der Waals surface area contributed by atoms with Crippen LogP contribution in [0.25, 0.3) is 0 Å². The highest BCUT2D eigenvalue weighted by atomic mass is 19.1. The zero-order valence-electron chi connectivity index (χ0n) is 15.2. The molecule has 1 heterocycles. The highest BCUT2D eigenvalue weighted by Crippen LogP contribution is 2.34. The molecular weight excluding hydrogens is 369 g/mol. The van der Waals surface area contributed by atoms with Gasteiger partial charge < -0.3 is 24.6 Å². The summed E-state index contributed by atoms with van der Waals surface area (Å²) in [4.78, 5) is 23.4. The third-order valence-electron chi connectivity index (χ3n) is 4.19. The van der Waals surface area contributed by atoms with Gasteiger partial charge in [-0.2, -0.15) is 0 Å². The van der Waals surface area contributed by atoms with Crippen molar-refractivity contribution in [3.05, 3.63) is 53.3 Å². The van der Waals surface area contributed by atoms with E-state index in [1.165, 1.54) is 24.3 Å². The molecule has 3 rings (SSSR count). The monoisotopic (exact) mass is 389 g/mol. The second kappa shape index (κ2) is 8.60. The summed E-state index contributed by atoms with van der Waals surface area (Å²) in [6, 6.07) is 8.71. The van der Waals surface area contributed by atoms with Gasteiger partial charge in [-0.1, -0.05) is 12.1 Å². The number of carbonyl (C=O) groups is 2. The Morgan fingerprint density at radius 3 is 2.82 bits per heavy atom. The van der Waals surface area contributed by atoms with Crippen molar-refractivity contribution in [2.45, 2.75) is 19.4 Å². The number of halogens is 1. The zero-order chi connectivity index (χ0) is 20.1. The second-order valence-corrected chi connectivity index (χ2v) is 6.10. The van der Waals surface area contributed by atoms with Crippen molar-refractivity contribution in [1.29, 1.82) is 0 Å². The van der Waals surface area contributed by atoms with E-state index in [0.29, 0.717) is 30.8 Å². The number of carboxylic acid groups (broad SMARTS) is 1. The number of nitrogens with one attached hydrogen (secondary N) is 1. The Kier molecular flexibility index (Phi) is 5.98. The number of ether oxygens (including phenoxy) is 3. The maximum atomic E-state index is 13.9. The summed E-state index contributed by atoms with van der Waals surface area (Å²) in [6.45, 7) is 1.86. The second-order valence-electron chi connectivity index (χ2n) is 6.10. The zero-order valence-corrected chi connectivity index (χ0v) is 15.2. The maximum absolute atomic E-state index is 13.9. The third-order valence-corrected chi connectivity index (χ3v) is 4.19. The smallest absolute Gasteiger partial charge is 0.341 e. The van der Waals surface area contributed by atoms with Crippen molar-refractivity contribution in [2.75, 3.05) is 19.8 Å². The van der Waals surface area contributed by atoms with Gasteiger partial charge in [-0.05, 0) is 31.2 Å². The van der Waals surface area contributed by atoms with Crippen molar-refractivity contribution in [2.24, 2.45) is 0 Å². The average Bonchev–Trinajstić information content (AvgIpc) is 2.68. The molecule has 2 aromatic carbocycles. The summed E-state index contributed by atoms with van der Waals surface area (Å²) in [6.07, 6.45) is 0.514. The molecule has 0 aromatic heterocycles. The molecule has 0 bridgehead atoms. The Morgan fingerprint density at radius 2 is 2.07 bits per heavy atom. The molecule has 0 spiro atoms. The summed E-state index contributed by atoms with van der Waals surface area (Å²) in [5.74, 6) is -1.28. The Morgan fingerprint density at radius 1 is 1.25 bits per heavy atom. The van der Waals surface area contributed by atoms with Gasteiger partial charge in [0.25, 0.3) is 5.91 Å². The molecule has 0 unspecified atom stereocenters. The normalized spacial score (nSPS) is 15.1. The fraction of sp³-hybridized carbons (Fsp3) is 0.300. The molecule has 0 aliphatic carbocycles. The number of rotatable bonds is 7. The van der Waals surface area contributed by atoms with Crippen LogP contribution in [0.2, 0.25) is 0 Å². The van der Waals surface area contributed by atoms with E-state index in [-0.39, 0.29) is 29.2 Å². The molecule has 0 radical (unpaired) electrons. The van der Waals surface area contributed by atoms with Crippen LogP contribution in [0.1, 0.15) is 35.3 Å². The van der Waals surface area contributed by atoms with Crippen molar-refractivity contribution in [3.63, 3.8) is 0 Å². The van der Waals surface area contributed by atoms with Crippen LogP contribution in [0.15, 0.2) is 36.4 Å². The van der Waals surface area contributed by atoms with Gasteiger partial charge in [0.2, 0.25) is 0 Å². The Bertz CT molecular complexity index is 885. The molecule has 2 N–H and O–H groups in total. The summed E-state index contributed by atoms with van der Waals surface area (Å²) >= 11 is 0. The van der Waals surface area contributed by atoms with E-state index in [9.17, 15) is 14.0 Å². The molecule has 28 heavy (non-hydrogen) atoms. The highest BCUT2D eigenvalue weighted by molar-refractivity contribution is 5.95. The van der Waals surface area contributed by atoms with E-state index in [2.05, 4.69) is 5.32 Å². The van der Waals surface area contributed by atoms with E-state index < -0.39 is 18.4 Å². The molecule has 0 saturated heterocycles. The summed E-state index contributed by atoms with van der Waals surface area (Å²) < 4.78 is 29.9. The minimum Gasteiger partial charge on any atom is -0.490 e. The number of amides is 1. The van der Waals surface area contributed by atoms with Gasteiger partial charge in [0.1, 0.15) is 0 Å². The number of aliphatic carboxylic acids is 1. The standard InChI is InChI=1S/C20H20FNO6/c1-2-26-17-10-12(6-7-16(17)28-11-18(23)24)20(25)22-15-8-9-27-19-13(15)4-3-5-14(19)21/h3-7,10,15H,2,8-9,11H2,1H3,(H,22,25)(H,23,24)/t15-/m0/s1. The predicted octanol–water partition coefficient (Wildman–Crippen LogP) is 2.94. The van der Waals surface area contributed by atoms with Crippen molar-refractivity contribution >= 4 is 11.9 Å². The van der Waals surface area contributed by atoms with E-state index in [1.54, 1.807) is 19.1 Å². The van der Waals surface area contributed by atoms with Crippen LogP contribution in [0, 0.1) is 5.82 Å². The number of carboxylic acids is 1. The van der Waals surface area contributed by atoms with E-state index in [4.69, 9.17) is 19.3 Å². The summed E-state index contributed by atoms with van der Waals surface area (Å²) in [5, 5.41) is 11.6. The molecule has 148 valence electrons. The van der Waals surface area contributed by atoms with Crippen molar-refractivity contribution < 1.29 is 33.3 Å². The van der Waals surface area contributed by atoms with Gasteiger partial charge >= 0.3 is 5.97 Å². The SMILES string of the molecule is CCOc1cc(C(=O)N[C@H]2CCOc3c(F)cccc32)ccc1OCC(=O)O. The fourth-order valence-electron chi connectivity index (χ4n) is 2.95. The lowest BCUT2D eigenvalue weighted by atomic mass is 9.99. The summed E-state index contributed by atoms with van der Waals surface area (Å²) in [5.41, 5.74) is 0.904. The Labute approximate surface area is 161 Å². The lowest BCUT2D eigenvalue weighted by Crippen LogP contribution is -2.32. The number of hydrogen-bond donors (Lipinski definition) is 2. The topological polar surface area (TPSA) is 94.1 Å². The first-order valence-electron chi connectivity index (χ1n) is 8.83. The average molecular weight is 389 g/mol. The van der Waals surface area contributed by atoms with Gasteiger partial charge in [0.15, 0.2) is 29.7 Å². The van der Waals surface area contributed by atoms with Crippen molar-refractivity contribution in [1.82, 2.24) is 5.32 Å². The molecule has 1 atom stereocenters. The number of hydrogen-bond acceptors (Lipinski definition) is 5. The van der Waals surface area contributed by atoms with Gasteiger partial charge in [-0.25, -0.2) is 9.18 Å². The molecule has 0 saturated carbocycles. The van der Waals surface area contributed by atoms with E-state index in [0.717, 1.165) is 0 Å². The first-order valence-corrected chi connectivity index (χ1v) is 8.83. The molecule has 0 fully saturated rings. The molecule has 8 heteroatoms. The van der Waals surface area contributed by atoms with Gasteiger partial charge in [0, 0.05) is 17.5 Å². The number of carbonyl (C=O) groups excluding carboxylic acids is 1. The predicted molar refractivity (Wildman–Crippen MR) is 97.5 cm³/mol. The van der Waals surface area contributed by atoms with Crippen LogP contribution in [-0.4, -0.2) is 36.8 Å². The van der Waals surface area contributed by atoms with Crippen LogP contribution in [0.3, 0.4) is 0 Å². The lowest BCUT2D eigenvalue weighted by Gasteiger charge is -2.27. The lowest BCUT2D eigenvalue weighted by molar-refractivity contribution is -0.139. The molecule has 1 aliphatic heterocycles. The molecule has 1 aliphatic rings. The first-order chi connectivity index (χ1) is 13.5. The first kappa shape index (κ1) is 19.5. The Balaban J connectivity index is 1.79. The van der Waals surface area contributed by atoms with Crippen LogP contribution >= 0.6 is 0 Å².